The van der Waals surface area contributed by atoms with Crippen LogP contribution in [-0.2, 0) is 9.53 Å². The van der Waals surface area contributed by atoms with Gasteiger partial charge in [-0.15, -0.1) is 12.4 Å². The predicted octanol–water partition coefficient (Wildman–Crippen LogP) is 3.78. The molecule has 1 aromatic carbocycles. The monoisotopic (exact) mass is 388 g/mol. The molecule has 25 heavy (non-hydrogen) atoms. The highest BCUT2D eigenvalue weighted by Gasteiger charge is 2.26. The Kier molecular flexibility index (Phi) is 7.81. The molecule has 1 amide bonds. The maximum Gasteiger partial charge on any atom is 0.224 e. The summed E-state index contributed by atoms with van der Waals surface area (Å²) in [6, 6.07) is 5.40. The minimum Gasteiger partial charge on any atom is -0.489 e. The normalized spacial score (nSPS) is 25.4. The Morgan fingerprint density at radius 2 is 2.16 bits per heavy atom. The number of carbonyl (C=O) groups is 1. The Hall–Kier alpha value is -1.01. The minimum absolute atomic E-state index is 0. The van der Waals surface area contributed by atoms with Gasteiger partial charge in [0.2, 0.25) is 5.91 Å². The third-order valence-corrected chi connectivity index (χ3v) is 5.06. The van der Waals surface area contributed by atoms with Crippen LogP contribution in [0.15, 0.2) is 18.2 Å². The van der Waals surface area contributed by atoms with E-state index in [1.165, 1.54) is 0 Å². The second kappa shape index (κ2) is 9.62. The first kappa shape index (κ1) is 20.3. The van der Waals surface area contributed by atoms with Gasteiger partial charge in [0.15, 0.2) is 0 Å². The molecule has 1 saturated heterocycles. The standard InChI is InChI=1S/C18H25ClN2O3.ClH/c19-13-6-7-17(24-11-14-4-2-8-23-14)16(10-13)21-18(22)9-12-3-1-5-15(12)20;/h6-7,10,12,14-15H,1-5,8-9,11,20H2,(H,21,22);1H/t12-,14?,15+;/m0./s1. The highest BCUT2D eigenvalue weighted by atomic mass is 35.5. The van der Waals surface area contributed by atoms with Gasteiger partial charge in [-0.2, -0.15) is 0 Å². The summed E-state index contributed by atoms with van der Waals surface area (Å²) >= 11 is 6.07. The number of nitrogens with one attached hydrogen (secondary N) is 1. The molecular weight excluding hydrogens is 363 g/mol. The summed E-state index contributed by atoms with van der Waals surface area (Å²) in [7, 11) is 0. The lowest BCUT2D eigenvalue weighted by atomic mass is 10.00. The molecule has 1 aliphatic heterocycles. The number of anilines is 1. The molecule has 0 radical (unpaired) electrons. The van der Waals surface area contributed by atoms with Crippen LogP contribution in [0.5, 0.6) is 5.75 Å². The molecule has 2 fully saturated rings. The first-order valence-corrected chi connectivity index (χ1v) is 9.09. The SMILES string of the molecule is Cl.N[C@@H]1CCC[C@H]1CC(=O)Nc1cc(Cl)ccc1OCC1CCCO1. The van der Waals surface area contributed by atoms with Crippen molar-refractivity contribution in [3.05, 3.63) is 23.2 Å². The van der Waals surface area contributed by atoms with E-state index in [2.05, 4.69) is 5.32 Å². The fourth-order valence-corrected chi connectivity index (χ4v) is 3.61. The van der Waals surface area contributed by atoms with Gasteiger partial charge >= 0.3 is 0 Å². The van der Waals surface area contributed by atoms with Crippen molar-refractivity contribution in [1.82, 2.24) is 0 Å². The van der Waals surface area contributed by atoms with Crippen molar-refractivity contribution in [3.63, 3.8) is 0 Å². The quantitative estimate of drug-likeness (QED) is 0.777. The van der Waals surface area contributed by atoms with Crippen molar-refractivity contribution in [2.75, 3.05) is 18.5 Å². The zero-order valence-corrected chi connectivity index (χ0v) is 15.8. The van der Waals surface area contributed by atoms with Crippen molar-refractivity contribution in [2.24, 2.45) is 11.7 Å². The van der Waals surface area contributed by atoms with E-state index in [-0.39, 0.29) is 36.4 Å². The Morgan fingerprint density at radius 3 is 2.84 bits per heavy atom. The van der Waals surface area contributed by atoms with Crippen LogP contribution >= 0.6 is 24.0 Å². The first-order chi connectivity index (χ1) is 11.6. The summed E-state index contributed by atoms with van der Waals surface area (Å²) in [5, 5.41) is 3.49. The Labute approximate surface area is 160 Å². The highest BCUT2D eigenvalue weighted by Crippen LogP contribution is 2.31. The lowest BCUT2D eigenvalue weighted by molar-refractivity contribution is -0.117. The van der Waals surface area contributed by atoms with Crippen LogP contribution < -0.4 is 15.8 Å². The molecule has 3 N–H and O–H groups in total. The highest BCUT2D eigenvalue weighted by molar-refractivity contribution is 6.31. The molecule has 1 aromatic rings. The lowest BCUT2D eigenvalue weighted by Gasteiger charge is -2.17. The zero-order chi connectivity index (χ0) is 16.9. The van der Waals surface area contributed by atoms with E-state index >= 15 is 0 Å². The van der Waals surface area contributed by atoms with Crippen LogP contribution in [0.2, 0.25) is 5.02 Å². The molecule has 1 heterocycles. The maximum absolute atomic E-state index is 12.3. The van der Waals surface area contributed by atoms with E-state index in [4.69, 9.17) is 26.8 Å². The van der Waals surface area contributed by atoms with Crippen molar-refractivity contribution in [3.8, 4) is 5.75 Å². The number of ether oxygens (including phenoxy) is 2. The summed E-state index contributed by atoms with van der Waals surface area (Å²) < 4.78 is 11.4. The molecule has 1 saturated carbocycles. The molecule has 2 aliphatic rings. The van der Waals surface area contributed by atoms with Crippen LogP contribution in [0.4, 0.5) is 5.69 Å². The number of halogens is 2. The van der Waals surface area contributed by atoms with Gasteiger partial charge in [0.05, 0.1) is 11.8 Å². The summed E-state index contributed by atoms with van der Waals surface area (Å²) in [6.45, 7) is 1.28. The Morgan fingerprint density at radius 1 is 1.32 bits per heavy atom. The van der Waals surface area contributed by atoms with Gasteiger partial charge < -0.3 is 20.5 Å². The number of rotatable bonds is 6. The van der Waals surface area contributed by atoms with Crippen LogP contribution in [0.25, 0.3) is 0 Å². The van der Waals surface area contributed by atoms with Crippen molar-refractivity contribution in [1.29, 1.82) is 0 Å². The molecule has 3 rings (SSSR count). The van der Waals surface area contributed by atoms with Crippen molar-refractivity contribution < 1.29 is 14.3 Å². The minimum atomic E-state index is -0.0402. The van der Waals surface area contributed by atoms with E-state index in [1.54, 1.807) is 18.2 Å². The van der Waals surface area contributed by atoms with Crippen LogP contribution in [0.1, 0.15) is 38.5 Å². The van der Waals surface area contributed by atoms with Crippen molar-refractivity contribution >= 4 is 35.6 Å². The molecule has 5 nitrogen and oxygen atoms in total. The molecule has 7 heteroatoms. The fourth-order valence-electron chi connectivity index (χ4n) is 3.44. The van der Waals surface area contributed by atoms with Gasteiger partial charge in [-0.3, -0.25) is 4.79 Å². The second-order valence-corrected chi connectivity index (χ2v) is 7.13. The van der Waals surface area contributed by atoms with Crippen LogP contribution in [0, 0.1) is 5.92 Å². The third-order valence-electron chi connectivity index (χ3n) is 4.83. The predicted molar refractivity (Wildman–Crippen MR) is 102 cm³/mol. The molecule has 0 spiro atoms. The van der Waals surface area contributed by atoms with Gasteiger partial charge in [0, 0.05) is 24.1 Å². The fraction of sp³-hybridized carbons (Fsp3) is 0.611. The van der Waals surface area contributed by atoms with E-state index in [0.717, 1.165) is 38.7 Å². The summed E-state index contributed by atoms with van der Waals surface area (Å²) in [6.07, 6.45) is 5.78. The summed E-state index contributed by atoms with van der Waals surface area (Å²) in [5.41, 5.74) is 6.66. The van der Waals surface area contributed by atoms with Gasteiger partial charge in [-0.1, -0.05) is 18.0 Å². The molecule has 1 unspecified atom stereocenters. The number of hydrogen-bond donors (Lipinski definition) is 2. The van der Waals surface area contributed by atoms with Crippen LogP contribution in [0.3, 0.4) is 0 Å². The van der Waals surface area contributed by atoms with E-state index in [9.17, 15) is 4.79 Å². The second-order valence-electron chi connectivity index (χ2n) is 6.69. The van der Waals surface area contributed by atoms with Crippen LogP contribution in [-0.4, -0.2) is 31.3 Å². The number of hydrogen-bond acceptors (Lipinski definition) is 4. The molecule has 140 valence electrons. The average molecular weight is 389 g/mol. The van der Waals surface area contributed by atoms with Gasteiger partial charge in [0.1, 0.15) is 12.4 Å². The Bertz CT molecular complexity index is 579. The number of nitrogens with two attached hydrogens (primary N) is 1. The average Bonchev–Trinajstić information content (AvgIpc) is 3.19. The van der Waals surface area contributed by atoms with Crippen molar-refractivity contribution in [2.45, 2.75) is 50.7 Å². The zero-order valence-electron chi connectivity index (χ0n) is 14.2. The molecular formula is C18H26Cl2N2O3. The van der Waals surface area contributed by atoms with E-state index < -0.39 is 0 Å². The molecule has 3 atom stereocenters. The molecule has 0 bridgehead atoms. The first-order valence-electron chi connectivity index (χ1n) is 8.71. The number of amides is 1. The van der Waals surface area contributed by atoms with E-state index in [0.29, 0.717) is 29.5 Å². The number of carbonyl (C=O) groups excluding carboxylic acids is 1. The molecule has 1 aliphatic carbocycles. The summed E-state index contributed by atoms with van der Waals surface area (Å²) in [4.78, 5) is 12.3. The van der Waals surface area contributed by atoms with E-state index in [1.807, 2.05) is 0 Å². The smallest absolute Gasteiger partial charge is 0.224 e. The molecule has 0 aromatic heterocycles. The number of benzene rings is 1. The topological polar surface area (TPSA) is 73.6 Å². The largest absolute Gasteiger partial charge is 0.489 e. The lowest BCUT2D eigenvalue weighted by Crippen LogP contribution is -2.28. The van der Waals surface area contributed by atoms with Gasteiger partial charge in [-0.05, 0) is 49.8 Å². The van der Waals surface area contributed by atoms with Gasteiger partial charge in [0.25, 0.3) is 0 Å². The summed E-state index contributed by atoms with van der Waals surface area (Å²) in [5.74, 6) is 0.848. The third kappa shape index (κ3) is 5.74. The van der Waals surface area contributed by atoms with Gasteiger partial charge in [-0.25, -0.2) is 0 Å². The maximum atomic E-state index is 12.3. The Balaban J connectivity index is 0.00000225.